The van der Waals surface area contributed by atoms with E-state index in [0.717, 1.165) is 23.4 Å². The smallest absolute Gasteiger partial charge is 0.198 e. The van der Waals surface area contributed by atoms with Crippen LogP contribution in [0.25, 0.3) is 11.1 Å². The van der Waals surface area contributed by atoms with E-state index in [9.17, 15) is 0 Å². The molecule has 90 valence electrons. The van der Waals surface area contributed by atoms with Crippen molar-refractivity contribution < 1.29 is 4.42 Å². The van der Waals surface area contributed by atoms with E-state index >= 15 is 0 Å². The number of oxazole rings is 1. The summed E-state index contributed by atoms with van der Waals surface area (Å²) in [5.74, 6) is 1.72. The summed E-state index contributed by atoms with van der Waals surface area (Å²) in [6.45, 7) is 0.712. The summed E-state index contributed by atoms with van der Waals surface area (Å²) in [6, 6.07) is 5.56. The van der Waals surface area contributed by atoms with Crippen molar-refractivity contribution in [1.29, 1.82) is 0 Å². The molecular formula is C13H15ClN2O. The van der Waals surface area contributed by atoms with Gasteiger partial charge < -0.3 is 10.2 Å². The molecule has 0 spiro atoms. The molecule has 2 atom stereocenters. The molecule has 1 aliphatic carbocycles. The highest BCUT2D eigenvalue weighted by molar-refractivity contribution is 6.31. The minimum absolute atomic E-state index is 0.381. The molecule has 0 bridgehead atoms. The van der Waals surface area contributed by atoms with Gasteiger partial charge in [-0.1, -0.05) is 18.0 Å². The summed E-state index contributed by atoms with van der Waals surface area (Å²) in [7, 11) is 0. The van der Waals surface area contributed by atoms with Crippen LogP contribution in [0.1, 0.15) is 31.1 Å². The third kappa shape index (κ3) is 1.94. The lowest BCUT2D eigenvalue weighted by molar-refractivity contribution is 0.401. The van der Waals surface area contributed by atoms with Crippen LogP contribution < -0.4 is 5.73 Å². The van der Waals surface area contributed by atoms with Crippen LogP contribution in [0.4, 0.5) is 0 Å². The van der Waals surface area contributed by atoms with Gasteiger partial charge in [0.15, 0.2) is 11.5 Å². The van der Waals surface area contributed by atoms with Crippen LogP contribution in [0, 0.1) is 5.92 Å². The molecule has 4 heteroatoms. The summed E-state index contributed by atoms with van der Waals surface area (Å²) in [5, 5.41) is 0.682. The fourth-order valence-electron chi connectivity index (χ4n) is 2.72. The molecule has 1 saturated carbocycles. The summed E-state index contributed by atoms with van der Waals surface area (Å²) >= 11 is 5.94. The zero-order valence-electron chi connectivity index (χ0n) is 9.53. The Labute approximate surface area is 105 Å². The minimum Gasteiger partial charge on any atom is -0.440 e. The molecule has 0 amide bonds. The van der Waals surface area contributed by atoms with Crippen LogP contribution in [0.15, 0.2) is 22.6 Å². The number of rotatable bonds is 2. The zero-order chi connectivity index (χ0) is 11.8. The highest BCUT2D eigenvalue weighted by atomic mass is 35.5. The lowest BCUT2D eigenvalue weighted by Crippen LogP contribution is -2.17. The monoisotopic (exact) mass is 250 g/mol. The van der Waals surface area contributed by atoms with Gasteiger partial charge in [-0.3, -0.25) is 0 Å². The first-order valence-electron chi connectivity index (χ1n) is 6.04. The first-order chi connectivity index (χ1) is 8.28. The van der Waals surface area contributed by atoms with Crippen molar-refractivity contribution in [2.45, 2.75) is 25.2 Å². The Balaban J connectivity index is 2.00. The van der Waals surface area contributed by atoms with Crippen LogP contribution in [0.3, 0.4) is 0 Å². The van der Waals surface area contributed by atoms with Crippen LogP contribution >= 0.6 is 11.6 Å². The van der Waals surface area contributed by atoms with Gasteiger partial charge in [0.1, 0.15) is 5.52 Å². The Kier molecular flexibility index (Phi) is 2.81. The number of fused-ring (bicyclic) bond motifs is 1. The van der Waals surface area contributed by atoms with Crippen LogP contribution in [0.5, 0.6) is 0 Å². The minimum atomic E-state index is 0.381. The maximum Gasteiger partial charge on any atom is 0.198 e. The third-order valence-electron chi connectivity index (χ3n) is 3.65. The van der Waals surface area contributed by atoms with E-state index in [-0.39, 0.29) is 0 Å². The van der Waals surface area contributed by atoms with E-state index in [1.807, 2.05) is 18.2 Å². The van der Waals surface area contributed by atoms with E-state index in [4.69, 9.17) is 21.8 Å². The topological polar surface area (TPSA) is 52.0 Å². The van der Waals surface area contributed by atoms with Gasteiger partial charge in [0.05, 0.1) is 0 Å². The van der Waals surface area contributed by atoms with Gasteiger partial charge >= 0.3 is 0 Å². The quantitative estimate of drug-likeness (QED) is 0.890. The first-order valence-corrected chi connectivity index (χ1v) is 6.42. The molecule has 3 rings (SSSR count). The lowest BCUT2D eigenvalue weighted by Gasteiger charge is -2.13. The van der Waals surface area contributed by atoms with Gasteiger partial charge in [-0.05, 0) is 37.4 Å². The van der Waals surface area contributed by atoms with Gasteiger partial charge in [0, 0.05) is 17.0 Å². The highest BCUT2D eigenvalue weighted by Crippen LogP contribution is 2.39. The lowest BCUT2D eigenvalue weighted by atomic mass is 9.96. The van der Waals surface area contributed by atoms with Gasteiger partial charge in [0.25, 0.3) is 0 Å². The number of benzene rings is 1. The number of hydrogen-bond acceptors (Lipinski definition) is 3. The first kappa shape index (κ1) is 11.1. The van der Waals surface area contributed by atoms with Crippen molar-refractivity contribution >= 4 is 22.7 Å². The van der Waals surface area contributed by atoms with Crippen LogP contribution in [-0.4, -0.2) is 11.5 Å². The maximum absolute atomic E-state index is 5.94. The number of nitrogens with zero attached hydrogens (tertiary/aromatic N) is 1. The molecule has 1 aromatic carbocycles. The number of hydrogen-bond donors (Lipinski definition) is 1. The van der Waals surface area contributed by atoms with Crippen molar-refractivity contribution in [2.24, 2.45) is 11.7 Å². The Morgan fingerprint density at radius 3 is 3.12 bits per heavy atom. The van der Waals surface area contributed by atoms with E-state index in [2.05, 4.69) is 4.98 Å². The normalized spacial score (nSPS) is 24.6. The average molecular weight is 251 g/mol. The molecule has 0 aliphatic heterocycles. The second-order valence-electron chi connectivity index (χ2n) is 4.70. The molecule has 1 fully saturated rings. The Hall–Kier alpha value is -1.06. The Bertz CT molecular complexity index is 537. The van der Waals surface area contributed by atoms with Crippen molar-refractivity contribution in [3.8, 4) is 0 Å². The van der Waals surface area contributed by atoms with Crippen molar-refractivity contribution in [3.05, 3.63) is 29.1 Å². The molecule has 0 radical (unpaired) electrons. The summed E-state index contributed by atoms with van der Waals surface area (Å²) < 4.78 is 5.81. The van der Waals surface area contributed by atoms with Gasteiger partial charge in [-0.15, -0.1) is 0 Å². The van der Waals surface area contributed by atoms with E-state index < -0.39 is 0 Å². The van der Waals surface area contributed by atoms with Gasteiger partial charge in [0.2, 0.25) is 0 Å². The molecule has 3 nitrogen and oxygen atoms in total. The van der Waals surface area contributed by atoms with E-state index in [1.54, 1.807) is 0 Å². The standard InChI is InChI=1S/C13H15ClN2O/c14-9-4-5-11-12(6-9)17-13(16-11)10-3-1-2-8(10)7-15/h4-6,8,10H,1-3,7,15H2. The predicted octanol–water partition coefficient (Wildman–Crippen LogP) is 3.32. The summed E-state index contributed by atoms with van der Waals surface area (Å²) in [5.41, 5.74) is 7.44. The number of nitrogens with two attached hydrogens (primary N) is 1. The molecular weight excluding hydrogens is 236 g/mol. The fourth-order valence-corrected chi connectivity index (χ4v) is 2.88. The second kappa shape index (κ2) is 4.31. The maximum atomic E-state index is 5.94. The number of halogens is 1. The summed E-state index contributed by atoms with van der Waals surface area (Å²) in [6.07, 6.45) is 3.52. The average Bonchev–Trinajstić information content (AvgIpc) is 2.93. The second-order valence-corrected chi connectivity index (χ2v) is 5.13. The molecule has 2 unspecified atom stereocenters. The summed E-state index contributed by atoms with van der Waals surface area (Å²) in [4.78, 5) is 4.55. The third-order valence-corrected chi connectivity index (χ3v) is 3.88. The molecule has 17 heavy (non-hydrogen) atoms. The zero-order valence-corrected chi connectivity index (χ0v) is 10.3. The van der Waals surface area contributed by atoms with Crippen molar-refractivity contribution in [1.82, 2.24) is 4.98 Å². The van der Waals surface area contributed by atoms with Crippen molar-refractivity contribution in [2.75, 3.05) is 6.54 Å². The largest absolute Gasteiger partial charge is 0.440 e. The van der Waals surface area contributed by atoms with Gasteiger partial charge in [-0.25, -0.2) is 4.98 Å². The van der Waals surface area contributed by atoms with Crippen molar-refractivity contribution in [3.63, 3.8) is 0 Å². The Morgan fingerprint density at radius 2 is 2.29 bits per heavy atom. The van der Waals surface area contributed by atoms with Crippen LogP contribution in [-0.2, 0) is 0 Å². The number of aromatic nitrogens is 1. The van der Waals surface area contributed by atoms with Gasteiger partial charge in [-0.2, -0.15) is 0 Å². The van der Waals surface area contributed by atoms with Crippen LogP contribution in [0.2, 0.25) is 5.02 Å². The Morgan fingerprint density at radius 1 is 1.41 bits per heavy atom. The molecule has 2 aromatic rings. The molecule has 1 heterocycles. The highest BCUT2D eigenvalue weighted by Gasteiger charge is 2.31. The SMILES string of the molecule is NCC1CCCC1c1nc2ccc(Cl)cc2o1. The van der Waals surface area contributed by atoms with E-state index in [1.165, 1.54) is 12.8 Å². The molecule has 1 aliphatic rings. The fraction of sp³-hybridized carbons (Fsp3) is 0.462. The van der Waals surface area contributed by atoms with E-state index in [0.29, 0.717) is 23.4 Å². The molecule has 0 saturated heterocycles. The molecule has 1 aromatic heterocycles. The molecule has 2 N–H and O–H groups in total. The predicted molar refractivity (Wildman–Crippen MR) is 68.2 cm³/mol.